The predicted molar refractivity (Wildman–Crippen MR) is 284 cm³/mol. The van der Waals surface area contributed by atoms with Crippen LogP contribution in [-0.2, 0) is 27.9 Å². The predicted octanol–water partition coefficient (Wildman–Crippen LogP) is 16.4. The third-order valence-electron chi connectivity index (χ3n) is 12.9. The van der Waals surface area contributed by atoms with Gasteiger partial charge in [0.2, 0.25) is 5.91 Å². The molecule has 0 aromatic heterocycles. The normalized spacial score (nSPS) is 14.0. The molecule has 0 saturated heterocycles. The van der Waals surface area contributed by atoms with Gasteiger partial charge < -0.3 is 28.5 Å². The topological polar surface area (TPSA) is 114 Å². The van der Waals surface area contributed by atoms with Crippen molar-refractivity contribution in [1.29, 1.82) is 0 Å². The number of carbonyl (C=O) groups is 2. The Labute approximate surface area is 415 Å². The highest BCUT2D eigenvalue weighted by Crippen LogP contribution is 2.38. The van der Waals surface area contributed by atoms with E-state index < -0.39 is 20.0 Å². The van der Waals surface area contributed by atoms with Crippen molar-refractivity contribution in [1.82, 2.24) is 5.32 Å². The fourth-order valence-corrected chi connectivity index (χ4v) is 9.12. The van der Waals surface area contributed by atoms with E-state index in [1.165, 1.54) is 173 Å². The van der Waals surface area contributed by atoms with Crippen LogP contribution in [0.25, 0.3) is 0 Å². The van der Waals surface area contributed by atoms with E-state index in [1.807, 2.05) is 33.3 Å². The first-order valence-corrected chi connectivity index (χ1v) is 30.1. The molecule has 0 fully saturated rings. The van der Waals surface area contributed by atoms with Crippen molar-refractivity contribution in [2.45, 2.75) is 290 Å². The number of likely N-dealkylation sites (N-methyl/N-ethyl adjacent to an activating group) is 1. The fourth-order valence-electron chi connectivity index (χ4n) is 8.40. The Balaban J connectivity index is 5.31. The van der Waals surface area contributed by atoms with Crippen LogP contribution < -0.4 is 10.2 Å². The number of phosphoric acid groups is 1. The lowest BCUT2D eigenvalue weighted by Gasteiger charge is -2.30. The van der Waals surface area contributed by atoms with Crippen LogP contribution in [0.2, 0.25) is 0 Å². The molecule has 0 heterocycles. The standard InChI is InChI=1S/C57H111N2O7P/c1-7-10-13-16-19-22-25-27-29-31-34-37-40-43-46-49-56(60)58-54(53-65-67(62,63)64-52-51-59(4,5)6)55(48-45-42-39-36-33-24-21-18-15-12-9-3)66-57(61)50-47-44-41-38-35-32-30-28-26-23-20-17-14-11-8-2/h22,25,45,48,54-55H,7-21,23-24,26-44,46-47,49-53H2,1-6H3,(H-,58,60,62,63)/b25-22-,48-45+. The van der Waals surface area contributed by atoms with E-state index in [9.17, 15) is 19.0 Å². The van der Waals surface area contributed by atoms with Crippen LogP contribution in [0.3, 0.4) is 0 Å². The van der Waals surface area contributed by atoms with Gasteiger partial charge in [0.05, 0.1) is 33.8 Å². The number of allylic oxidation sites excluding steroid dienone is 3. The van der Waals surface area contributed by atoms with Gasteiger partial charge in [-0.05, 0) is 57.4 Å². The highest BCUT2D eigenvalue weighted by molar-refractivity contribution is 7.45. The summed E-state index contributed by atoms with van der Waals surface area (Å²) in [7, 11) is 1.19. The van der Waals surface area contributed by atoms with Gasteiger partial charge in [0.1, 0.15) is 19.3 Å². The Morgan fingerprint density at radius 3 is 1.28 bits per heavy atom. The summed E-state index contributed by atoms with van der Waals surface area (Å²) < 4.78 is 30.2. The molecule has 0 bridgehead atoms. The maximum Gasteiger partial charge on any atom is 0.306 e. The zero-order valence-corrected chi connectivity index (χ0v) is 46.0. The minimum atomic E-state index is -4.69. The number of quaternary nitrogens is 1. The maximum absolute atomic E-state index is 13.5. The van der Waals surface area contributed by atoms with Gasteiger partial charge in [-0.25, -0.2) is 0 Å². The summed E-state index contributed by atoms with van der Waals surface area (Å²) in [5.41, 5.74) is 0. The van der Waals surface area contributed by atoms with Crippen molar-refractivity contribution < 1.29 is 37.3 Å². The molecular weight excluding hydrogens is 856 g/mol. The largest absolute Gasteiger partial charge is 0.756 e. The number of unbranched alkanes of at least 4 members (excludes halogenated alkanes) is 34. The van der Waals surface area contributed by atoms with Crippen LogP contribution in [0.4, 0.5) is 0 Å². The Morgan fingerprint density at radius 2 is 0.866 bits per heavy atom. The van der Waals surface area contributed by atoms with Crippen molar-refractivity contribution in [3.63, 3.8) is 0 Å². The van der Waals surface area contributed by atoms with Gasteiger partial charge in [-0.1, -0.05) is 232 Å². The molecular formula is C57H111N2O7P. The van der Waals surface area contributed by atoms with E-state index in [1.54, 1.807) is 0 Å². The number of ether oxygens (including phenoxy) is 1. The Kier molecular flexibility index (Phi) is 47.0. The van der Waals surface area contributed by atoms with E-state index in [4.69, 9.17) is 13.8 Å². The third kappa shape index (κ3) is 49.3. The lowest BCUT2D eigenvalue weighted by atomic mass is 10.0. The summed E-state index contributed by atoms with van der Waals surface area (Å²) in [5, 5.41) is 3.02. The van der Waals surface area contributed by atoms with Crippen LogP contribution in [0.5, 0.6) is 0 Å². The highest BCUT2D eigenvalue weighted by atomic mass is 31.2. The lowest BCUT2D eigenvalue weighted by Crippen LogP contribution is -2.47. The van der Waals surface area contributed by atoms with Crippen LogP contribution in [-0.4, -0.2) is 69.4 Å². The highest BCUT2D eigenvalue weighted by Gasteiger charge is 2.27. The molecule has 67 heavy (non-hydrogen) atoms. The van der Waals surface area contributed by atoms with E-state index in [-0.39, 0.29) is 31.5 Å². The molecule has 1 amide bonds. The number of carbonyl (C=O) groups excluding carboxylic acids is 2. The second-order valence-corrected chi connectivity index (χ2v) is 22.2. The summed E-state index contributed by atoms with van der Waals surface area (Å²) in [4.78, 5) is 39.8. The fraction of sp³-hybridized carbons (Fsp3) is 0.895. The maximum atomic E-state index is 13.5. The molecule has 396 valence electrons. The first-order valence-electron chi connectivity index (χ1n) is 28.6. The van der Waals surface area contributed by atoms with Gasteiger partial charge in [0.15, 0.2) is 0 Å². The molecule has 0 aliphatic rings. The van der Waals surface area contributed by atoms with E-state index in [0.717, 1.165) is 70.6 Å². The number of rotatable bonds is 52. The van der Waals surface area contributed by atoms with Crippen molar-refractivity contribution in [3.8, 4) is 0 Å². The number of nitrogens with zero attached hydrogens (tertiary/aromatic N) is 1. The summed E-state index contributed by atoms with van der Waals surface area (Å²) in [6, 6.07) is -0.883. The average Bonchev–Trinajstić information content (AvgIpc) is 3.28. The van der Waals surface area contributed by atoms with Gasteiger partial charge in [-0.15, -0.1) is 0 Å². The van der Waals surface area contributed by atoms with Crippen molar-refractivity contribution >= 4 is 19.7 Å². The summed E-state index contributed by atoms with van der Waals surface area (Å²) in [5.74, 6) is -0.535. The quantitative estimate of drug-likeness (QED) is 0.0212. The Morgan fingerprint density at radius 1 is 0.507 bits per heavy atom. The molecule has 10 heteroatoms. The first kappa shape index (κ1) is 65.5. The van der Waals surface area contributed by atoms with Crippen LogP contribution in [0.15, 0.2) is 24.3 Å². The van der Waals surface area contributed by atoms with E-state index in [2.05, 4.69) is 38.2 Å². The van der Waals surface area contributed by atoms with Crippen molar-refractivity contribution in [2.75, 3.05) is 40.9 Å². The molecule has 3 unspecified atom stereocenters. The van der Waals surface area contributed by atoms with Gasteiger partial charge in [0, 0.05) is 12.8 Å². The van der Waals surface area contributed by atoms with Gasteiger partial charge in [-0.2, -0.15) is 0 Å². The monoisotopic (exact) mass is 967 g/mol. The minimum absolute atomic E-state index is 0.0200. The third-order valence-corrected chi connectivity index (χ3v) is 13.8. The molecule has 0 saturated carbocycles. The molecule has 1 N–H and O–H groups in total. The molecule has 3 atom stereocenters. The molecule has 0 radical (unpaired) electrons. The molecule has 0 aromatic carbocycles. The number of nitrogens with one attached hydrogen (secondary N) is 1. The van der Waals surface area contributed by atoms with Gasteiger partial charge >= 0.3 is 5.97 Å². The van der Waals surface area contributed by atoms with Crippen LogP contribution in [0, 0.1) is 0 Å². The van der Waals surface area contributed by atoms with E-state index in [0.29, 0.717) is 17.4 Å². The zero-order chi connectivity index (χ0) is 49.4. The molecule has 0 aliphatic heterocycles. The van der Waals surface area contributed by atoms with Crippen LogP contribution >= 0.6 is 7.82 Å². The Bertz CT molecular complexity index is 1210. The summed E-state index contributed by atoms with van der Waals surface area (Å²) in [6.07, 6.45) is 54.2. The molecule has 0 rings (SSSR count). The van der Waals surface area contributed by atoms with Gasteiger partial charge in [-0.3, -0.25) is 14.2 Å². The van der Waals surface area contributed by atoms with Crippen molar-refractivity contribution in [3.05, 3.63) is 24.3 Å². The SMILES string of the molecule is CCCCCC/C=C\CCCCCCCCCC(=O)NC(COP(=O)([O-])OCC[N+](C)(C)C)C(/C=C/CCCCCCCCCCC)OC(=O)CCCCCCCCCCCCCCCCC. The smallest absolute Gasteiger partial charge is 0.306 e. The average molecular weight is 967 g/mol. The summed E-state index contributed by atoms with van der Waals surface area (Å²) >= 11 is 0. The van der Waals surface area contributed by atoms with Gasteiger partial charge in [0.25, 0.3) is 7.82 Å². The number of hydrogen-bond acceptors (Lipinski definition) is 7. The zero-order valence-electron chi connectivity index (χ0n) is 45.1. The lowest BCUT2D eigenvalue weighted by molar-refractivity contribution is -0.870. The molecule has 0 spiro atoms. The van der Waals surface area contributed by atoms with Crippen molar-refractivity contribution in [2.24, 2.45) is 0 Å². The Hall–Kier alpha value is -1.51. The molecule has 9 nitrogen and oxygen atoms in total. The number of amides is 1. The molecule has 0 aliphatic carbocycles. The number of hydrogen-bond donors (Lipinski definition) is 1. The van der Waals surface area contributed by atoms with Crippen LogP contribution in [0.1, 0.15) is 278 Å². The first-order chi connectivity index (χ1) is 32.4. The second kappa shape index (κ2) is 48.1. The number of phosphoric ester groups is 1. The second-order valence-electron chi connectivity index (χ2n) is 20.8. The summed E-state index contributed by atoms with van der Waals surface area (Å²) in [6.45, 7) is 6.84. The number of esters is 1. The minimum Gasteiger partial charge on any atom is -0.756 e. The van der Waals surface area contributed by atoms with E-state index >= 15 is 0 Å². The molecule has 0 aromatic rings.